The summed E-state index contributed by atoms with van der Waals surface area (Å²) >= 11 is 0. The fourth-order valence-electron chi connectivity index (χ4n) is 3.02. The zero-order valence-electron chi connectivity index (χ0n) is 14.4. The van der Waals surface area contributed by atoms with E-state index in [4.69, 9.17) is 5.73 Å². The van der Waals surface area contributed by atoms with Gasteiger partial charge in [0.25, 0.3) is 0 Å². The molecule has 4 heteroatoms. The van der Waals surface area contributed by atoms with Crippen LogP contribution in [0.3, 0.4) is 0 Å². The van der Waals surface area contributed by atoms with Gasteiger partial charge in [-0.2, -0.15) is 0 Å². The Morgan fingerprint density at radius 2 is 1.88 bits per heavy atom. The lowest BCUT2D eigenvalue weighted by Crippen LogP contribution is -2.08. The smallest absolute Gasteiger partial charge is 0.201 e. The third-order valence-electron chi connectivity index (χ3n) is 4.40. The average Bonchev–Trinajstić information content (AvgIpc) is 2.89. The number of hydrogen-bond donors (Lipinski definition) is 1. The number of rotatable bonds is 5. The maximum absolute atomic E-state index is 12.8. The molecular weight excluding hydrogens is 298 g/mol. The van der Waals surface area contributed by atoms with Crippen molar-refractivity contribution in [2.24, 2.45) is 5.92 Å². The molecule has 0 saturated heterocycles. The number of nitrogens with zero attached hydrogens (tertiary/aromatic N) is 2. The van der Waals surface area contributed by atoms with E-state index in [2.05, 4.69) is 18.8 Å². The monoisotopic (exact) mass is 321 g/mol. The Hall–Kier alpha value is -2.62. The number of fused-ring (bicyclic) bond motifs is 1. The van der Waals surface area contributed by atoms with E-state index in [0.29, 0.717) is 23.0 Å². The van der Waals surface area contributed by atoms with Gasteiger partial charge in [-0.15, -0.1) is 0 Å². The Balaban J connectivity index is 2.10. The van der Waals surface area contributed by atoms with Crippen molar-refractivity contribution in [1.82, 2.24) is 9.55 Å². The van der Waals surface area contributed by atoms with Gasteiger partial charge >= 0.3 is 0 Å². The van der Waals surface area contributed by atoms with Crippen LogP contribution in [0.4, 0.5) is 5.95 Å². The minimum Gasteiger partial charge on any atom is -0.369 e. The van der Waals surface area contributed by atoms with E-state index < -0.39 is 0 Å². The molecule has 3 rings (SSSR count). The van der Waals surface area contributed by atoms with Crippen LogP contribution in [-0.4, -0.2) is 15.3 Å². The van der Waals surface area contributed by atoms with Crippen molar-refractivity contribution in [3.05, 3.63) is 59.2 Å². The first-order valence-corrected chi connectivity index (χ1v) is 8.34. The van der Waals surface area contributed by atoms with Crippen molar-refractivity contribution in [3.8, 4) is 0 Å². The number of anilines is 1. The molecule has 0 fully saturated rings. The molecule has 4 nitrogen and oxygen atoms in total. The molecule has 1 heterocycles. The third-order valence-corrected chi connectivity index (χ3v) is 4.40. The summed E-state index contributed by atoms with van der Waals surface area (Å²) < 4.78 is 2.03. The minimum atomic E-state index is 0.0326. The zero-order valence-corrected chi connectivity index (χ0v) is 14.4. The summed E-state index contributed by atoms with van der Waals surface area (Å²) in [5.74, 6) is 1.12. The van der Waals surface area contributed by atoms with E-state index in [0.717, 1.165) is 29.6 Å². The Kier molecular flexibility index (Phi) is 4.38. The molecule has 0 spiro atoms. The molecule has 24 heavy (non-hydrogen) atoms. The molecule has 0 unspecified atom stereocenters. The van der Waals surface area contributed by atoms with Crippen LogP contribution in [0, 0.1) is 12.8 Å². The Labute approximate surface area is 142 Å². The van der Waals surface area contributed by atoms with Crippen LogP contribution in [-0.2, 0) is 6.54 Å². The molecule has 0 aliphatic rings. The van der Waals surface area contributed by atoms with Gasteiger partial charge in [-0.3, -0.25) is 4.79 Å². The lowest BCUT2D eigenvalue weighted by Gasteiger charge is -2.12. The number of aryl methyl sites for hydroxylation is 2. The van der Waals surface area contributed by atoms with Crippen LogP contribution in [0.2, 0.25) is 0 Å². The molecule has 0 bridgehead atoms. The molecule has 0 atom stereocenters. The van der Waals surface area contributed by atoms with Crippen LogP contribution in [0.15, 0.2) is 42.5 Å². The highest BCUT2D eigenvalue weighted by molar-refractivity contribution is 6.11. The molecule has 0 saturated carbocycles. The number of nitrogens with two attached hydrogens (primary N) is 1. The van der Waals surface area contributed by atoms with Gasteiger partial charge in [-0.25, -0.2) is 4.98 Å². The van der Waals surface area contributed by atoms with Gasteiger partial charge < -0.3 is 10.3 Å². The van der Waals surface area contributed by atoms with Crippen molar-refractivity contribution in [2.45, 2.75) is 33.7 Å². The number of hydrogen-bond acceptors (Lipinski definition) is 3. The van der Waals surface area contributed by atoms with Crippen LogP contribution < -0.4 is 5.73 Å². The number of imidazole rings is 1. The second-order valence-electron chi connectivity index (χ2n) is 6.61. The predicted octanol–water partition coefficient (Wildman–Crippen LogP) is 4.20. The molecule has 2 N–H and O–H groups in total. The summed E-state index contributed by atoms with van der Waals surface area (Å²) in [4.78, 5) is 17.3. The highest BCUT2D eigenvalue weighted by atomic mass is 16.1. The van der Waals surface area contributed by atoms with E-state index in [1.807, 2.05) is 54.0 Å². The second-order valence-corrected chi connectivity index (χ2v) is 6.61. The van der Waals surface area contributed by atoms with Crippen molar-refractivity contribution >= 4 is 22.8 Å². The Morgan fingerprint density at radius 1 is 1.17 bits per heavy atom. The average molecular weight is 321 g/mol. The molecule has 0 amide bonds. The Morgan fingerprint density at radius 3 is 2.54 bits per heavy atom. The molecule has 1 aromatic heterocycles. The molecule has 0 radical (unpaired) electrons. The number of carbonyl (C=O) groups is 1. The summed E-state index contributed by atoms with van der Waals surface area (Å²) in [5.41, 5.74) is 10.3. The summed E-state index contributed by atoms with van der Waals surface area (Å²) in [7, 11) is 0. The minimum absolute atomic E-state index is 0.0326. The van der Waals surface area contributed by atoms with Crippen LogP contribution in [0.1, 0.15) is 41.8 Å². The van der Waals surface area contributed by atoms with Gasteiger partial charge in [0.05, 0.1) is 11.0 Å². The van der Waals surface area contributed by atoms with E-state index >= 15 is 0 Å². The topological polar surface area (TPSA) is 60.9 Å². The van der Waals surface area contributed by atoms with Crippen molar-refractivity contribution in [2.75, 3.05) is 5.73 Å². The standard InChI is InChI=1S/C20H23N3O/c1-13(2)11-12-23-18-14(3)16(9-10-17(18)22-20(23)21)19(24)15-7-5-4-6-8-15/h4-10,13H,11-12H2,1-3H3,(H2,21,22). The molecule has 0 aliphatic heterocycles. The van der Waals surface area contributed by atoms with Crippen LogP contribution in [0.25, 0.3) is 11.0 Å². The highest BCUT2D eigenvalue weighted by Gasteiger charge is 2.18. The quantitative estimate of drug-likeness (QED) is 0.716. The lowest BCUT2D eigenvalue weighted by molar-refractivity contribution is 0.103. The van der Waals surface area contributed by atoms with E-state index in [1.165, 1.54) is 0 Å². The zero-order chi connectivity index (χ0) is 17.3. The van der Waals surface area contributed by atoms with Gasteiger partial charge in [-0.1, -0.05) is 44.2 Å². The largest absolute Gasteiger partial charge is 0.369 e. The second kappa shape index (κ2) is 6.48. The first kappa shape index (κ1) is 16.2. The van der Waals surface area contributed by atoms with Crippen molar-refractivity contribution in [3.63, 3.8) is 0 Å². The molecule has 124 valence electrons. The van der Waals surface area contributed by atoms with Crippen molar-refractivity contribution < 1.29 is 4.79 Å². The fourth-order valence-corrected chi connectivity index (χ4v) is 3.02. The Bertz CT molecular complexity index is 879. The van der Waals surface area contributed by atoms with Crippen LogP contribution in [0.5, 0.6) is 0 Å². The normalized spacial score (nSPS) is 11.3. The van der Waals surface area contributed by atoms with Gasteiger partial charge in [0.2, 0.25) is 5.95 Å². The van der Waals surface area contributed by atoms with Gasteiger partial charge in [0, 0.05) is 17.7 Å². The van der Waals surface area contributed by atoms with Gasteiger partial charge in [0.15, 0.2) is 5.78 Å². The number of ketones is 1. The fraction of sp³-hybridized carbons (Fsp3) is 0.300. The summed E-state index contributed by atoms with van der Waals surface area (Å²) in [6.45, 7) is 7.16. The molecule has 3 aromatic rings. The van der Waals surface area contributed by atoms with Gasteiger partial charge in [0.1, 0.15) is 0 Å². The maximum Gasteiger partial charge on any atom is 0.201 e. The van der Waals surface area contributed by atoms with Gasteiger partial charge in [-0.05, 0) is 37.0 Å². The van der Waals surface area contributed by atoms with E-state index in [9.17, 15) is 4.79 Å². The number of carbonyl (C=O) groups excluding carboxylic acids is 1. The first-order chi connectivity index (χ1) is 11.5. The highest BCUT2D eigenvalue weighted by Crippen LogP contribution is 2.26. The lowest BCUT2D eigenvalue weighted by atomic mass is 9.98. The predicted molar refractivity (Wildman–Crippen MR) is 98.2 cm³/mol. The molecule has 2 aromatic carbocycles. The molecular formula is C20H23N3O. The first-order valence-electron chi connectivity index (χ1n) is 8.34. The SMILES string of the molecule is Cc1c(C(=O)c2ccccc2)ccc2nc(N)n(CCC(C)C)c12. The number of benzene rings is 2. The summed E-state index contributed by atoms with van der Waals surface area (Å²) in [5, 5.41) is 0. The number of nitrogen functional groups attached to an aromatic ring is 1. The van der Waals surface area contributed by atoms with Crippen molar-refractivity contribution in [1.29, 1.82) is 0 Å². The third kappa shape index (κ3) is 2.92. The maximum atomic E-state index is 12.8. The van der Waals surface area contributed by atoms with E-state index in [-0.39, 0.29) is 5.78 Å². The van der Waals surface area contributed by atoms with Crippen LogP contribution >= 0.6 is 0 Å². The van der Waals surface area contributed by atoms with E-state index in [1.54, 1.807) is 0 Å². The molecule has 0 aliphatic carbocycles. The number of aromatic nitrogens is 2. The summed E-state index contributed by atoms with van der Waals surface area (Å²) in [6, 6.07) is 13.1. The summed E-state index contributed by atoms with van der Waals surface area (Å²) in [6.07, 6.45) is 1.02.